The smallest absolute Gasteiger partial charge is 0.251 e. The predicted molar refractivity (Wildman–Crippen MR) is 120 cm³/mol. The lowest BCUT2D eigenvalue weighted by Crippen LogP contribution is -2.39. The van der Waals surface area contributed by atoms with Crippen molar-refractivity contribution in [2.24, 2.45) is 5.92 Å². The van der Waals surface area contributed by atoms with Crippen molar-refractivity contribution in [2.75, 3.05) is 6.54 Å². The summed E-state index contributed by atoms with van der Waals surface area (Å²) in [5.41, 5.74) is 8.11. The first kappa shape index (κ1) is 18.3. The maximum absolute atomic E-state index is 12.9. The van der Waals surface area contributed by atoms with Crippen molar-refractivity contribution < 1.29 is 4.79 Å². The summed E-state index contributed by atoms with van der Waals surface area (Å²) in [7, 11) is 0. The van der Waals surface area contributed by atoms with E-state index in [4.69, 9.17) is 0 Å². The summed E-state index contributed by atoms with van der Waals surface area (Å²) in [5, 5.41) is 11.5. The Morgan fingerprint density at radius 3 is 2.35 bits per heavy atom. The van der Waals surface area contributed by atoms with E-state index in [-0.39, 0.29) is 5.91 Å². The fourth-order valence-corrected chi connectivity index (χ4v) is 5.63. The zero-order valence-electron chi connectivity index (χ0n) is 17.5. The predicted octanol–water partition coefficient (Wildman–Crippen LogP) is 4.48. The van der Waals surface area contributed by atoms with Crippen molar-refractivity contribution in [3.63, 3.8) is 0 Å². The number of nitrogens with zero attached hydrogens (tertiary/aromatic N) is 3. The van der Waals surface area contributed by atoms with E-state index in [0.717, 1.165) is 24.0 Å². The van der Waals surface area contributed by atoms with Gasteiger partial charge < -0.3 is 5.32 Å². The molecule has 3 aliphatic rings. The topological polar surface area (TPSA) is 59.8 Å². The second-order valence-electron chi connectivity index (χ2n) is 8.60. The first-order valence-corrected chi connectivity index (χ1v) is 11.0. The van der Waals surface area contributed by atoms with Gasteiger partial charge in [0.2, 0.25) is 0 Å². The molecule has 4 aromatic rings. The molecule has 1 aromatic heterocycles. The molecular formula is C26H24N4O. The molecule has 0 radical (unpaired) electrons. The van der Waals surface area contributed by atoms with Crippen LogP contribution in [0.4, 0.5) is 0 Å². The Morgan fingerprint density at radius 1 is 1.00 bits per heavy atom. The summed E-state index contributed by atoms with van der Waals surface area (Å²) < 4.78 is 1.84. The van der Waals surface area contributed by atoms with Crippen molar-refractivity contribution in [1.29, 1.82) is 0 Å². The number of rotatable bonds is 4. The number of amides is 1. The average molecular weight is 409 g/mol. The minimum atomic E-state index is -0.0454. The molecular weight excluding hydrogens is 384 g/mol. The maximum Gasteiger partial charge on any atom is 0.251 e. The maximum atomic E-state index is 12.9. The summed E-state index contributed by atoms with van der Waals surface area (Å²) in [4.78, 5) is 12.9. The van der Waals surface area contributed by atoms with Gasteiger partial charge in [0.05, 0.1) is 5.52 Å². The lowest BCUT2D eigenvalue weighted by Gasteiger charge is -2.45. The number of aromatic nitrogens is 3. The number of carbonyl (C=O) groups is 1. The molecule has 3 aromatic carbocycles. The molecule has 5 heteroatoms. The number of fused-ring (bicyclic) bond motifs is 2. The molecule has 2 bridgehead atoms. The summed E-state index contributed by atoms with van der Waals surface area (Å²) in [5.74, 6) is 1.10. The highest BCUT2D eigenvalue weighted by Gasteiger charge is 2.42. The van der Waals surface area contributed by atoms with Gasteiger partial charge >= 0.3 is 0 Å². The average Bonchev–Trinajstić information content (AvgIpc) is 3.25. The molecule has 0 saturated heterocycles. The van der Waals surface area contributed by atoms with Gasteiger partial charge in [0.1, 0.15) is 5.52 Å². The van der Waals surface area contributed by atoms with Crippen molar-refractivity contribution in [3.8, 4) is 0 Å². The zero-order valence-corrected chi connectivity index (χ0v) is 17.5. The molecule has 5 nitrogen and oxygen atoms in total. The van der Waals surface area contributed by atoms with E-state index >= 15 is 0 Å². The van der Waals surface area contributed by atoms with Crippen LogP contribution in [0.15, 0.2) is 66.7 Å². The third-order valence-corrected chi connectivity index (χ3v) is 7.02. The van der Waals surface area contributed by atoms with Crippen LogP contribution in [-0.4, -0.2) is 27.4 Å². The molecule has 1 atom stereocenters. The molecule has 0 aliphatic heterocycles. The van der Waals surface area contributed by atoms with Crippen molar-refractivity contribution in [1.82, 2.24) is 20.3 Å². The van der Waals surface area contributed by atoms with Crippen LogP contribution in [0.25, 0.3) is 11.0 Å². The van der Waals surface area contributed by atoms with Gasteiger partial charge in [-0.2, -0.15) is 0 Å². The second kappa shape index (κ2) is 7.05. The largest absolute Gasteiger partial charge is 0.352 e. The van der Waals surface area contributed by atoms with Crippen LogP contribution < -0.4 is 5.32 Å². The summed E-state index contributed by atoms with van der Waals surface area (Å²) in [6.45, 7) is 3.46. The van der Waals surface area contributed by atoms with Crippen molar-refractivity contribution in [2.45, 2.75) is 31.7 Å². The molecule has 7 rings (SSSR count). The Balaban J connectivity index is 1.26. The van der Waals surface area contributed by atoms with E-state index in [1.54, 1.807) is 0 Å². The number of benzene rings is 3. The van der Waals surface area contributed by atoms with Gasteiger partial charge in [-0.1, -0.05) is 53.7 Å². The molecule has 0 fully saturated rings. The Hall–Kier alpha value is -3.47. The van der Waals surface area contributed by atoms with Crippen LogP contribution >= 0.6 is 0 Å². The van der Waals surface area contributed by atoms with E-state index in [2.05, 4.69) is 64.2 Å². The molecule has 1 heterocycles. The van der Waals surface area contributed by atoms with Gasteiger partial charge in [0.25, 0.3) is 5.91 Å². The highest BCUT2D eigenvalue weighted by molar-refractivity contribution is 5.97. The van der Waals surface area contributed by atoms with Gasteiger partial charge in [0, 0.05) is 30.5 Å². The van der Waals surface area contributed by atoms with Gasteiger partial charge in [-0.25, -0.2) is 4.68 Å². The van der Waals surface area contributed by atoms with Crippen LogP contribution in [0, 0.1) is 5.92 Å². The van der Waals surface area contributed by atoms with Gasteiger partial charge in [-0.05, 0) is 59.7 Å². The van der Waals surface area contributed by atoms with E-state index in [1.165, 1.54) is 22.3 Å². The number of hydrogen-bond acceptors (Lipinski definition) is 3. The van der Waals surface area contributed by atoms with Crippen molar-refractivity contribution in [3.05, 3.63) is 94.5 Å². The number of hydrogen-bond donors (Lipinski definition) is 1. The molecule has 0 saturated carbocycles. The molecule has 154 valence electrons. The lowest BCUT2D eigenvalue weighted by atomic mass is 9.59. The zero-order chi connectivity index (χ0) is 20.9. The highest BCUT2D eigenvalue weighted by atomic mass is 16.1. The molecule has 31 heavy (non-hydrogen) atoms. The number of nitrogens with one attached hydrogen (secondary N) is 1. The summed E-state index contributed by atoms with van der Waals surface area (Å²) in [6.07, 6.45) is 1.07. The summed E-state index contributed by atoms with van der Waals surface area (Å²) >= 11 is 0. The molecule has 3 aliphatic carbocycles. The summed E-state index contributed by atoms with van der Waals surface area (Å²) in [6, 6.07) is 23.3. The lowest BCUT2D eigenvalue weighted by molar-refractivity contribution is 0.0943. The van der Waals surface area contributed by atoms with Crippen LogP contribution in [-0.2, 0) is 6.54 Å². The number of carbonyl (C=O) groups excluding carboxylic acids is 1. The highest BCUT2D eigenvalue weighted by Crippen LogP contribution is 2.55. The Kier molecular flexibility index (Phi) is 4.16. The third-order valence-electron chi connectivity index (χ3n) is 7.02. The molecule has 1 N–H and O–H groups in total. The van der Waals surface area contributed by atoms with Crippen LogP contribution in [0.5, 0.6) is 0 Å². The monoisotopic (exact) mass is 408 g/mol. The Bertz CT molecular complexity index is 1260. The van der Waals surface area contributed by atoms with E-state index in [0.29, 0.717) is 29.9 Å². The molecule has 1 amide bonds. The fourth-order valence-electron chi connectivity index (χ4n) is 5.63. The first-order valence-electron chi connectivity index (χ1n) is 11.0. The van der Waals surface area contributed by atoms with Gasteiger partial charge in [-0.3, -0.25) is 4.79 Å². The fraction of sp³-hybridized carbons (Fsp3) is 0.269. The van der Waals surface area contributed by atoms with Crippen molar-refractivity contribution >= 4 is 16.9 Å². The van der Waals surface area contributed by atoms with Crippen LogP contribution in [0.1, 0.15) is 57.8 Å². The van der Waals surface area contributed by atoms with Gasteiger partial charge in [0.15, 0.2) is 0 Å². The van der Waals surface area contributed by atoms with Crippen LogP contribution in [0.2, 0.25) is 0 Å². The SMILES string of the molecule is CCn1nnc2cc(C(=O)NCC3CC4c5ccccc5C3c3ccccc34)ccc21. The Morgan fingerprint density at radius 2 is 1.68 bits per heavy atom. The standard InChI is InChI=1S/C26H24N4O/c1-2-30-24-12-11-16(14-23(24)28-29-30)26(31)27-15-17-13-22-18-7-3-5-9-20(18)25(17)21-10-6-4-8-19(21)22/h3-12,14,17,22,25H,2,13,15H2,1H3,(H,27,31). The molecule has 0 spiro atoms. The number of aryl methyl sites for hydroxylation is 1. The second-order valence-corrected chi connectivity index (χ2v) is 8.60. The van der Waals surface area contributed by atoms with E-state index < -0.39 is 0 Å². The Labute approximate surface area is 181 Å². The first-order chi connectivity index (χ1) is 15.2. The minimum absolute atomic E-state index is 0.0454. The quantitative estimate of drug-likeness (QED) is 0.542. The third kappa shape index (κ3) is 2.80. The van der Waals surface area contributed by atoms with Gasteiger partial charge in [-0.15, -0.1) is 5.10 Å². The van der Waals surface area contributed by atoms with Crippen LogP contribution in [0.3, 0.4) is 0 Å². The normalized spacial score (nSPS) is 21.0. The molecule has 1 unspecified atom stereocenters. The minimum Gasteiger partial charge on any atom is -0.352 e. The van der Waals surface area contributed by atoms with E-state index in [1.807, 2.05) is 29.8 Å². The van der Waals surface area contributed by atoms with E-state index in [9.17, 15) is 4.79 Å².